The van der Waals surface area contributed by atoms with Gasteiger partial charge in [-0.25, -0.2) is 0 Å². The van der Waals surface area contributed by atoms with E-state index in [2.05, 4.69) is 103 Å². The number of pyridine rings is 1. The Kier molecular flexibility index (Phi) is 5.79. The Labute approximate surface area is 225 Å². The van der Waals surface area contributed by atoms with E-state index < -0.39 is 0 Å². The summed E-state index contributed by atoms with van der Waals surface area (Å²) in [7, 11) is 1.90. The van der Waals surface area contributed by atoms with Gasteiger partial charge >= 0.3 is 0 Å². The summed E-state index contributed by atoms with van der Waals surface area (Å²) in [5, 5.41) is 6.61. The molecule has 3 fully saturated rings. The van der Waals surface area contributed by atoms with Gasteiger partial charge in [-0.15, -0.1) is 6.58 Å². The number of para-hydroxylation sites is 1. The molecular formula is C35H35N2O+. The molecule has 2 bridgehead atoms. The van der Waals surface area contributed by atoms with Crippen molar-refractivity contribution in [3.63, 3.8) is 0 Å². The molecule has 5 atom stereocenters. The standard InChI is InChI=1S/C35H35N2O/c1-3-24-22-37(23-32-28-12-6-4-10-26(28)20-27-11-5-7-13-29(27)32)19-17-25(24)21-34(37)35(38-2)31-16-18-36-33-15-9-8-14-30(31)33/h3-16,18,20,24-25,34-35H,1,17,19,21-23H2,2H3/q+1/t24?,25?,34?,35?,37-/m0/s1. The first-order chi connectivity index (χ1) is 18.7. The molecular weight excluding hydrogens is 464 g/mol. The van der Waals surface area contributed by atoms with Gasteiger partial charge in [-0.3, -0.25) is 4.98 Å². The van der Waals surface area contributed by atoms with Crippen LogP contribution in [0.4, 0.5) is 0 Å². The summed E-state index contributed by atoms with van der Waals surface area (Å²) < 4.78 is 7.52. The van der Waals surface area contributed by atoms with Gasteiger partial charge in [-0.1, -0.05) is 72.8 Å². The summed E-state index contributed by atoms with van der Waals surface area (Å²) in [5.74, 6) is 1.22. The summed E-state index contributed by atoms with van der Waals surface area (Å²) >= 11 is 0. The number of quaternary nitrogens is 1. The maximum atomic E-state index is 6.47. The van der Waals surface area contributed by atoms with Gasteiger partial charge in [0.2, 0.25) is 0 Å². The van der Waals surface area contributed by atoms with Crippen LogP contribution in [-0.2, 0) is 11.3 Å². The maximum absolute atomic E-state index is 6.47. The lowest BCUT2D eigenvalue weighted by Crippen LogP contribution is -2.67. The molecule has 38 heavy (non-hydrogen) atoms. The number of ether oxygens (including phenoxy) is 1. The Morgan fingerprint density at radius 3 is 2.34 bits per heavy atom. The lowest BCUT2D eigenvalue weighted by Gasteiger charge is -2.58. The first kappa shape index (κ1) is 23.6. The van der Waals surface area contributed by atoms with E-state index in [0.717, 1.165) is 29.5 Å². The van der Waals surface area contributed by atoms with Gasteiger partial charge in [-0.2, -0.15) is 0 Å². The summed E-state index contributed by atoms with van der Waals surface area (Å²) in [4.78, 5) is 4.66. The molecule has 0 amide bonds. The van der Waals surface area contributed by atoms with Crippen LogP contribution in [-0.4, -0.2) is 35.7 Å². The number of methoxy groups -OCH3 is 1. The second-order valence-corrected chi connectivity index (χ2v) is 11.4. The fraction of sp³-hybridized carbons (Fsp3) is 0.286. The molecule has 3 aliphatic heterocycles. The molecule has 0 spiro atoms. The number of nitrogens with zero attached hydrogens (tertiary/aromatic N) is 2. The van der Waals surface area contributed by atoms with Crippen LogP contribution in [0.1, 0.15) is 30.1 Å². The van der Waals surface area contributed by atoms with E-state index in [1.807, 2.05) is 13.3 Å². The molecule has 3 aliphatic rings. The fourth-order valence-electron chi connectivity index (χ4n) is 7.81. The normalized spacial score (nSPS) is 25.7. The number of aromatic nitrogens is 1. The zero-order valence-corrected chi connectivity index (χ0v) is 22.1. The lowest BCUT2D eigenvalue weighted by atomic mass is 9.71. The third kappa shape index (κ3) is 3.68. The second-order valence-electron chi connectivity index (χ2n) is 11.4. The Bertz CT molecular complexity index is 1600. The molecule has 4 unspecified atom stereocenters. The zero-order valence-electron chi connectivity index (χ0n) is 22.1. The third-order valence-corrected chi connectivity index (χ3v) is 9.62. The van der Waals surface area contributed by atoms with Crippen LogP contribution < -0.4 is 0 Å². The molecule has 3 nitrogen and oxygen atoms in total. The Balaban J connectivity index is 1.41. The largest absolute Gasteiger partial charge is 0.370 e. The van der Waals surface area contributed by atoms with E-state index in [1.165, 1.54) is 51.0 Å². The van der Waals surface area contributed by atoms with Crippen LogP contribution >= 0.6 is 0 Å². The van der Waals surface area contributed by atoms with Crippen LogP contribution in [0.15, 0.2) is 104 Å². The van der Waals surface area contributed by atoms with Crippen molar-refractivity contribution in [2.45, 2.75) is 31.5 Å². The highest BCUT2D eigenvalue weighted by Crippen LogP contribution is 2.49. The minimum atomic E-state index is 0.0118. The molecule has 0 saturated carbocycles. The molecule has 5 aromatic rings. The minimum absolute atomic E-state index is 0.0118. The molecule has 190 valence electrons. The van der Waals surface area contributed by atoms with Crippen LogP contribution in [0.3, 0.4) is 0 Å². The van der Waals surface area contributed by atoms with Crippen molar-refractivity contribution in [2.24, 2.45) is 11.8 Å². The van der Waals surface area contributed by atoms with Gasteiger partial charge in [0.15, 0.2) is 0 Å². The van der Waals surface area contributed by atoms with Gasteiger partial charge in [0, 0.05) is 43.0 Å². The fourth-order valence-corrected chi connectivity index (χ4v) is 7.81. The molecule has 4 heterocycles. The summed E-state index contributed by atoms with van der Waals surface area (Å²) in [5.41, 5.74) is 3.78. The van der Waals surface area contributed by atoms with Crippen molar-refractivity contribution in [3.05, 3.63) is 115 Å². The van der Waals surface area contributed by atoms with Crippen LogP contribution in [0.5, 0.6) is 0 Å². The number of hydrogen-bond donors (Lipinski definition) is 0. The minimum Gasteiger partial charge on any atom is -0.370 e. The monoisotopic (exact) mass is 499 g/mol. The van der Waals surface area contributed by atoms with Crippen molar-refractivity contribution >= 4 is 32.4 Å². The topological polar surface area (TPSA) is 22.1 Å². The highest BCUT2D eigenvalue weighted by molar-refractivity contribution is 6.02. The van der Waals surface area contributed by atoms with E-state index >= 15 is 0 Å². The lowest BCUT2D eigenvalue weighted by molar-refractivity contribution is -0.984. The highest BCUT2D eigenvalue weighted by Gasteiger charge is 2.54. The van der Waals surface area contributed by atoms with Gasteiger partial charge in [-0.05, 0) is 51.2 Å². The molecule has 0 radical (unpaired) electrons. The Morgan fingerprint density at radius 2 is 1.63 bits per heavy atom. The molecule has 1 aromatic heterocycles. The van der Waals surface area contributed by atoms with E-state index in [0.29, 0.717) is 17.9 Å². The van der Waals surface area contributed by atoms with Crippen molar-refractivity contribution in [1.29, 1.82) is 0 Å². The second kappa shape index (κ2) is 9.34. The van der Waals surface area contributed by atoms with Crippen molar-refractivity contribution in [2.75, 3.05) is 20.2 Å². The smallest absolute Gasteiger partial charge is 0.135 e. The van der Waals surface area contributed by atoms with Crippen molar-refractivity contribution < 1.29 is 9.22 Å². The molecule has 0 N–H and O–H groups in total. The Morgan fingerprint density at radius 1 is 0.947 bits per heavy atom. The molecule has 3 saturated heterocycles. The molecule has 4 aromatic carbocycles. The zero-order chi connectivity index (χ0) is 25.7. The van der Waals surface area contributed by atoms with Gasteiger partial charge < -0.3 is 9.22 Å². The number of benzene rings is 4. The van der Waals surface area contributed by atoms with Crippen LogP contribution in [0.25, 0.3) is 32.4 Å². The van der Waals surface area contributed by atoms with Crippen molar-refractivity contribution in [1.82, 2.24) is 4.98 Å². The quantitative estimate of drug-likeness (QED) is 0.135. The SMILES string of the molecule is C=CC1C[N@+]2(Cc3c4ccccc4cc4ccccc34)CCC1CC2C(OC)c1ccnc2ccccc12. The predicted molar refractivity (Wildman–Crippen MR) is 157 cm³/mol. The molecule has 3 heteroatoms. The molecule has 0 aliphatic carbocycles. The van der Waals surface area contributed by atoms with Gasteiger partial charge in [0.1, 0.15) is 18.7 Å². The maximum Gasteiger partial charge on any atom is 0.135 e. The summed E-state index contributed by atoms with van der Waals surface area (Å²) in [6.07, 6.45) is 6.61. The first-order valence-electron chi connectivity index (χ1n) is 13.9. The Hall–Kier alpha value is -3.53. The first-order valence-corrected chi connectivity index (χ1v) is 13.9. The predicted octanol–water partition coefficient (Wildman–Crippen LogP) is 7.84. The third-order valence-electron chi connectivity index (χ3n) is 9.62. The van der Waals surface area contributed by atoms with E-state index in [-0.39, 0.29) is 6.10 Å². The van der Waals surface area contributed by atoms with Crippen LogP contribution in [0.2, 0.25) is 0 Å². The van der Waals surface area contributed by atoms with Crippen LogP contribution in [0, 0.1) is 11.8 Å². The van der Waals surface area contributed by atoms with Gasteiger partial charge in [0.25, 0.3) is 0 Å². The number of fused-ring (bicyclic) bond motifs is 6. The van der Waals surface area contributed by atoms with E-state index in [1.54, 1.807) is 0 Å². The highest BCUT2D eigenvalue weighted by atomic mass is 16.5. The van der Waals surface area contributed by atoms with E-state index in [9.17, 15) is 0 Å². The van der Waals surface area contributed by atoms with Crippen molar-refractivity contribution in [3.8, 4) is 0 Å². The van der Waals surface area contributed by atoms with E-state index in [4.69, 9.17) is 4.74 Å². The number of hydrogen-bond acceptors (Lipinski definition) is 2. The average molecular weight is 500 g/mol. The molecule has 8 rings (SSSR count). The summed E-state index contributed by atoms with van der Waals surface area (Å²) in [6, 6.07) is 31.3. The number of piperidine rings is 3. The number of rotatable bonds is 6. The summed E-state index contributed by atoms with van der Waals surface area (Å²) in [6.45, 7) is 7.59. The average Bonchev–Trinajstić information content (AvgIpc) is 2.98. The van der Waals surface area contributed by atoms with Gasteiger partial charge in [0.05, 0.1) is 18.6 Å².